The van der Waals surface area contributed by atoms with E-state index in [1.165, 1.54) is 37.4 Å². The molecule has 8 rings (SSSR count). The molecule has 0 saturated heterocycles. The first kappa shape index (κ1) is 38.8. The number of phenolic OH excluding ortho intramolecular Hbond substituents is 1. The summed E-state index contributed by atoms with van der Waals surface area (Å²) < 4.78 is 44.6. The SMILES string of the molecule is CCOc1ccc(F)cc1-c1cc(OC)c2nc(-c3cccnc3)nc(NC)c2c1.CNc1nc(-c2cccnc2)nc2c(OC)cc(-c3cc(F)ccc3O)cc12. The fourth-order valence-corrected chi connectivity index (χ4v) is 6.40. The molecule has 292 valence electrons. The van der Waals surface area contributed by atoms with Crippen LogP contribution in [0.15, 0.2) is 110 Å². The zero-order valence-corrected chi connectivity index (χ0v) is 32.2. The highest BCUT2D eigenvalue weighted by molar-refractivity contribution is 5.99. The van der Waals surface area contributed by atoms with E-state index in [4.69, 9.17) is 19.2 Å². The van der Waals surface area contributed by atoms with Crippen LogP contribution < -0.4 is 24.8 Å². The first-order valence-corrected chi connectivity index (χ1v) is 18.1. The van der Waals surface area contributed by atoms with Crippen molar-refractivity contribution in [3.63, 3.8) is 0 Å². The third kappa shape index (κ3) is 7.93. The van der Waals surface area contributed by atoms with Crippen molar-refractivity contribution in [2.24, 2.45) is 0 Å². The highest BCUT2D eigenvalue weighted by atomic mass is 19.1. The number of aromatic nitrogens is 6. The number of phenols is 1. The summed E-state index contributed by atoms with van der Waals surface area (Å²) in [5.74, 6) is 3.08. The molecule has 0 saturated carbocycles. The van der Waals surface area contributed by atoms with Crippen molar-refractivity contribution in [1.82, 2.24) is 29.9 Å². The maximum atomic E-state index is 14.0. The zero-order chi connectivity index (χ0) is 40.8. The molecule has 0 unspecified atom stereocenters. The van der Waals surface area contributed by atoms with E-state index in [0.29, 0.717) is 80.2 Å². The minimum absolute atomic E-state index is 0.0262. The molecule has 4 aromatic heterocycles. The molecule has 0 spiro atoms. The molecule has 3 N–H and O–H groups in total. The van der Waals surface area contributed by atoms with Gasteiger partial charge in [0.25, 0.3) is 0 Å². The molecular weight excluding hydrogens is 743 g/mol. The summed E-state index contributed by atoms with van der Waals surface area (Å²) in [6.07, 6.45) is 6.78. The highest BCUT2D eigenvalue weighted by Gasteiger charge is 2.19. The van der Waals surface area contributed by atoms with Gasteiger partial charge in [-0.1, -0.05) is 0 Å². The lowest BCUT2D eigenvalue weighted by Gasteiger charge is -2.15. The molecule has 0 radical (unpaired) electrons. The molecule has 14 heteroatoms. The third-order valence-corrected chi connectivity index (χ3v) is 9.11. The van der Waals surface area contributed by atoms with Crippen LogP contribution in [0.2, 0.25) is 0 Å². The van der Waals surface area contributed by atoms with Crippen molar-refractivity contribution in [3.8, 4) is 68.0 Å². The topological polar surface area (TPSA) is 149 Å². The van der Waals surface area contributed by atoms with Crippen LogP contribution >= 0.6 is 0 Å². The molecule has 0 fully saturated rings. The zero-order valence-electron chi connectivity index (χ0n) is 32.2. The second-order valence-corrected chi connectivity index (χ2v) is 12.7. The largest absolute Gasteiger partial charge is 0.507 e. The quantitative estimate of drug-likeness (QED) is 0.121. The summed E-state index contributed by atoms with van der Waals surface area (Å²) in [4.78, 5) is 26.9. The lowest BCUT2D eigenvalue weighted by molar-refractivity contribution is 0.341. The second kappa shape index (κ2) is 17.1. The Kier molecular flexibility index (Phi) is 11.4. The fraction of sp³-hybridized carbons (Fsp3) is 0.136. The number of hydrogen-bond acceptors (Lipinski definition) is 12. The Morgan fingerprint density at radius 1 is 0.586 bits per heavy atom. The molecule has 12 nitrogen and oxygen atoms in total. The molecule has 0 aliphatic carbocycles. The smallest absolute Gasteiger partial charge is 0.163 e. The predicted molar refractivity (Wildman–Crippen MR) is 221 cm³/mol. The average Bonchev–Trinajstić information content (AvgIpc) is 3.27. The molecule has 0 atom stereocenters. The maximum absolute atomic E-state index is 14.0. The van der Waals surface area contributed by atoms with Crippen molar-refractivity contribution in [3.05, 3.63) is 121 Å². The molecule has 4 aromatic carbocycles. The van der Waals surface area contributed by atoms with E-state index in [0.717, 1.165) is 22.1 Å². The molecule has 0 amide bonds. The van der Waals surface area contributed by atoms with Crippen LogP contribution in [0.3, 0.4) is 0 Å². The molecule has 58 heavy (non-hydrogen) atoms. The maximum Gasteiger partial charge on any atom is 0.163 e. The van der Waals surface area contributed by atoms with E-state index in [-0.39, 0.29) is 11.6 Å². The van der Waals surface area contributed by atoms with E-state index in [2.05, 4.69) is 35.6 Å². The summed E-state index contributed by atoms with van der Waals surface area (Å²) in [6.45, 7) is 2.36. The molecule has 8 aromatic rings. The molecule has 4 heterocycles. The fourth-order valence-electron chi connectivity index (χ4n) is 6.40. The second-order valence-electron chi connectivity index (χ2n) is 12.7. The van der Waals surface area contributed by atoms with Crippen molar-refractivity contribution >= 4 is 33.4 Å². The Hall–Kier alpha value is -7.48. The Labute approximate surface area is 332 Å². The normalized spacial score (nSPS) is 10.8. The number of anilines is 2. The van der Waals surface area contributed by atoms with Gasteiger partial charge in [-0.05, 0) is 103 Å². The summed E-state index contributed by atoms with van der Waals surface area (Å²) in [5.41, 5.74) is 5.15. The minimum Gasteiger partial charge on any atom is -0.507 e. The van der Waals surface area contributed by atoms with Gasteiger partial charge in [-0.25, -0.2) is 28.7 Å². The number of nitrogens with one attached hydrogen (secondary N) is 2. The third-order valence-electron chi connectivity index (χ3n) is 9.11. The number of methoxy groups -OCH3 is 2. The van der Waals surface area contributed by atoms with Crippen LogP contribution in [0, 0.1) is 11.6 Å². The lowest BCUT2D eigenvalue weighted by atomic mass is 10.0. The number of halogens is 2. The number of nitrogens with zero attached hydrogens (tertiary/aromatic N) is 6. The van der Waals surface area contributed by atoms with Crippen LogP contribution in [0.4, 0.5) is 20.4 Å². The first-order valence-electron chi connectivity index (χ1n) is 18.1. The van der Waals surface area contributed by atoms with Crippen molar-refractivity contribution in [1.29, 1.82) is 0 Å². The van der Waals surface area contributed by atoms with Crippen LogP contribution in [0.5, 0.6) is 23.0 Å². The summed E-state index contributed by atoms with van der Waals surface area (Å²) in [7, 11) is 6.67. The Balaban J connectivity index is 0.000000177. The van der Waals surface area contributed by atoms with Crippen molar-refractivity contribution < 1.29 is 28.1 Å². The van der Waals surface area contributed by atoms with Crippen LogP contribution in [-0.2, 0) is 0 Å². The first-order chi connectivity index (χ1) is 28.2. The van der Waals surface area contributed by atoms with Gasteiger partial charge in [0.2, 0.25) is 0 Å². The monoisotopic (exact) mass is 780 g/mol. The average molecular weight is 781 g/mol. The van der Waals surface area contributed by atoms with Gasteiger partial charge in [0.1, 0.15) is 57.3 Å². The van der Waals surface area contributed by atoms with Gasteiger partial charge < -0.3 is 30.0 Å². The van der Waals surface area contributed by atoms with Gasteiger partial charge in [0, 0.05) is 71.9 Å². The summed E-state index contributed by atoms with van der Waals surface area (Å²) in [5, 5.41) is 17.8. The number of benzene rings is 4. The molecular formula is C44H38F2N8O4. The number of fused-ring (bicyclic) bond motifs is 2. The van der Waals surface area contributed by atoms with Gasteiger partial charge in [0.15, 0.2) is 11.6 Å². The van der Waals surface area contributed by atoms with E-state index < -0.39 is 5.82 Å². The highest BCUT2D eigenvalue weighted by Crippen LogP contribution is 2.40. The van der Waals surface area contributed by atoms with Gasteiger partial charge >= 0.3 is 0 Å². The summed E-state index contributed by atoms with van der Waals surface area (Å²) in [6, 6.07) is 23.0. The van der Waals surface area contributed by atoms with E-state index in [1.54, 1.807) is 64.2 Å². The predicted octanol–water partition coefficient (Wildman–Crippen LogP) is 9.20. The van der Waals surface area contributed by atoms with Crippen molar-refractivity contribution in [2.75, 3.05) is 45.6 Å². The van der Waals surface area contributed by atoms with E-state index in [1.807, 2.05) is 43.3 Å². The Bertz CT molecular complexity index is 2740. The van der Waals surface area contributed by atoms with Crippen molar-refractivity contribution in [2.45, 2.75) is 6.92 Å². The van der Waals surface area contributed by atoms with E-state index >= 15 is 0 Å². The number of pyridine rings is 2. The number of hydrogen-bond donors (Lipinski definition) is 3. The van der Waals surface area contributed by atoms with Crippen LogP contribution in [0.25, 0.3) is 66.8 Å². The van der Waals surface area contributed by atoms with Crippen LogP contribution in [-0.4, -0.2) is 69.9 Å². The minimum atomic E-state index is -0.441. The number of rotatable bonds is 10. The van der Waals surface area contributed by atoms with Gasteiger partial charge in [-0.2, -0.15) is 0 Å². The number of ether oxygens (including phenoxy) is 3. The Morgan fingerprint density at radius 2 is 1.09 bits per heavy atom. The molecule has 0 bridgehead atoms. The number of aromatic hydroxyl groups is 1. The Morgan fingerprint density at radius 3 is 1.55 bits per heavy atom. The van der Waals surface area contributed by atoms with Gasteiger partial charge in [-0.15, -0.1) is 0 Å². The van der Waals surface area contributed by atoms with Gasteiger partial charge in [-0.3, -0.25) is 9.97 Å². The van der Waals surface area contributed by atoms with E-state index in [9.17, 15) is 13.9 Å². The summed E-state index contributed by atoms with van der Waals surface area (Å²) >= 11 is 0. The lowest BCUT2D eigenvalue weighted by Crippen LogP contribution is -2.01. The molecule has 0 aliphatic rings. The standard InChI is InChI=1S/C23H21FN4O2.C21H17FN4O2/c1-4-30-19-8-7-16(24)12-17(19)15-10-18-21(20(11-15)29-3)27-22(28-23(18)25-2)14-6-5-9-26-13-14;1-23-21-16-8-13(15-10-14(22)5-6-17(15)27)9-18(28-2)19(16)25-20(26-21)12-4-3-7-24-11-12/h5-13H,4H2,1-3H3,(H,25,27,28);3-11,27H,1-2H3,(H,23,25,26). The molecule has 0 aliphatic heterocycles. The van der Waals surface area contributed by atoms with Gasteiger partial charge in [0.05, 0.1) is 20.8 Å². The van der Waals surface area contributed by atoms with Crippen LogP contribution in [0.1, 0.15) is 6.92 Å².